The van der Waals surface area contributed by atoms with Crippen molar-refractivity contribution in [1.29, 1.82) is 0 Å². The van der Waals surface area contributed by atoms with Gasteiger partial charge in [-0.15, -0.1) is 6.58 Å². The quantitative estimate of drug-likeness (QED) is 0.802. The van der Waals surface area contributed by atoms with Gasteiger partial charge in [-0.3, -0.25) is 9.69 Å². The van der Waals surface area contributed by atoms with Crippen molar-refractivity contribution in [1.82, 2.24) is 4.90 Å². The molecule has 2 fully saturated rings. The molecule has 5 nitrogen and oxygen atoms in total. The Kier molecular flexibility index (Phi) is 2.66. The standard InChI is InChI=1S/C19H21NO4/c1-2-8-20-9-7-18-15-11-3-4-12(21)16(15)24-17(18)13(22)5-6-19(18,23)14(20)10-11/h2-4,14,17,21,23H,1,5-10H2/t14-,17?,18+,19-/m1/s1. The highest BCUT2D eigenvalue weighted by Crippen LogP contribution is 2.64. The first kappa shape index (κ1) is 14.5. The summed E-state index contributed by atoms with van der Waals surface area (Å²) >= 11 is 0. The molecule has 2 bridgehead atoms. The Balaban J connectivity index is 1.80. The van der Waals surface area contributed by atoms with Gasteiger partial charge < -0.3 is 14.9 Å². The number of benzene rings is 1. The summed E-state index contributed by atoms with van der Waals surface area (Å²) in [5.41, 5.74) is 0.256. The van der Waals surface area contributed by atoms with Crippen LogP contribution in [0.25, 0.3) is 0 Å². The number of piperidine rings is 1. The molecule has 1 unspecified atom stereocenters. The Morgan fingerprint density at radius 2 is 2.25 bits per heavy atom. The molecule has 4 atom stereocenters. The van der Waals surface area contributed by atoms with Gasteiger partial charge in [-0.05, 0) is 30.9 Å². The Morgan fingerprint density at radius 3 is 3.04 bits per heavy atom. The fourth-order valence-electron chi connectivity index (χ4n) is 5.80. The maximum absolute atomic E-state index is 12.6. The normalized spacial score (nSPS) is 39.3. The van der Waals surface area contributed by atoms with Gasteiger partial charge in [-0.1, -0.05) is 12.1 Å². The lowest BCUT2D eigenvalue weighted by molar-refractivity contribution is -0.187. The largest absolute Gasteiger partial charge is 0.504 e. The lowest BCUT2D eigenvalue weighted by atomic mass is 9.49. The third-order valence-corrected chi connectivity index (χ3v) is 6.73. The topological polar surface area (TPSA) is 70.0 Å². The summed E-state index contributed by atoms with van der Waals surface area (Å²) in [5.74, 6) is 0.528. The molecule has 2 aliphatic heterocycles. The molecule has 1 aromatic carbocycles. The van der Waals surface area contributed by atoms with Gasteiger partial charge in [0.2, 0.25) is 0 Å². The first-order valence-corrected chi connectivity index (χ1v) is 8.65. The van der Waals surface area contributed by atoms with Crippen molar-refractivity contribution >= 4 is 5.78 Å². The van der Waals surface area contributed by atoms with E-state index in [1.54, 1.807) is 6.07 Å². The third kappa shape index (κ3) is 1.38. The van der Waals surface area contributed by atoms with E-state index >= 15 is 0 Å². The van der Waals surface area contributed by atoms with Gasteiger partial charge in [0.05, 0.1) is 11.0 Å². The Morgan fingerprint density at radius 1 is 1.42 bits per heavy atom. The number of Topliss-reactive ketones (excluding diaryl/α,β-unsaturated/α-hetero) is 1. The van der Waals surface area contributed by atoms with E-state index in [1.807, 2.05) is 12.1 Å². The van der Waals surface area contributed by atoms with E-state index < -0.39 is 17.1 Å². The zero-order chi connectivity index (χ0) is 16.7. The van der Waals surface area contributed by atoms with Crippen LogP contribution in [0.3, 0.4) is 0 Å². The number of aliphatic hydroxyl groups is 1. The van der Waals surface area contributed by atoms with Gasteiger partial charge in [0.15, 0.2) is 23.4 Å². The zero-order valence-corrected chi connectivity index (χ0v) is 13.5. The van der Waals surface area contributed by atoms with Crippen molar-refractivity contribution in [3.05, 3.63) is 35.9 Å². The molecule has 126 valence electrons. The van der Waals surface area contributed by atoms with Crippen LogP contribution in [0.15, 0.2) is 24.8 Å². The van der Waals surface area contributed by atoms with E-state index in [9.17, 15) is 15.0 Å². The minimum atomic E-state index is -1.00. The number of carbonyl (C=O) groups excluding carboxylic acids is 1. The van der Waals surface area contributed by atoms with Gasteiger partial charge in [-0.2, -0.15) is 0 Å². The average Bonchev–Trinajstić information content (AvgIpc) is 2.91. The number of nitrogens with zero attached hydrogens (tertiary/aromatic N) is 1. The fourth-order valence-corrected chi connectivity index (χ4v) is 5.80. The van der Waals surface area contributed by atoms with E-state index in [0.717, 1.165) is 24.2 Å². The molecule has 0 radical (unpaired) electrons. The molecule has 2 heterocycles. The van der Waals surface area contributed by atoms with E-state index in [1.165, 1.54) is 0 Å². The molecule has 5 heteroatoms. The van der Waals surface area contributed by atoms with E-state index in [-0.39, 0.29) is 17.6 Å². The van der Waals surface area contributed by atoms with Crippen molar-refractivity contribution in [3.8, 4) is 11.5 Å². The number of phenols is 1. The summed E-state index contributed by atoms with van der Waals surface area (Å²) in [5, 5.41) is 22.1. The van der Waals surface area contributed by atoms with Crippen LogP contribution in [0, 0.1) is 0 Å². The summed E-state index contributed by atoms with van der Waals surface area (Å²) in [6.07, 6.45) is 3.35. The Bertz CT molecular complexity index is 775. The van der Waals surface area contributed by atoms with Crippen molar-refractivity contribution in [3.63, 3.8) is 0 Å². The number of likely N-dealkylation sites (tertiary alicyclic amines) is 1. The summed E-state index contributed by atoms with van der Waals surface area (Å²) < 4.78 is 5.98. The van der Waals surface area contributed by atoms with Crippen LogP contribution in [0.2, 0.25) is 0 Å². The number of ketones is 1. The molecular formula is C19H21NO4. The SMILES string of the molecule is C=CCN1CC[C@]23c4c5ccc(O)c4OC2C(=O)CC[C@@]3(O)[C@H]1C5. The van der Waals surface area contributed by atoms with Gasteiger partial charge in [-0.25, -0.2) is 0 Å². The predicted molar refractivity (Wildman–Crippen MR) is 87.3 cm³/mol. The summed E-state index contributed by atoms with van der Waals surface area (Å²) in [6, 6.07) is 3.52. The van der Waals surface area contributed by atoms with Gasteiger partial charge in [0.1, 0.15) is 0 Å². The molecule has 0 amide bonds. The van der Waals surface area contributed by atoms with Crippen molar-refractivity contribution < 1.29 is 19.7 Å². The number of carbonyl (C=O) groups is 1. The molecule has 1 spiro atoms. The lowest BCUT2D eigenvalue weighted by Crippen LogP contribution is -2.76. The van der Waals surface area contributed by atoms with Crippen LogP contribution in [0.1, 0.15) is 30.4 Å². The summed E-state index contributed by atoms with van der Waals surface area (Å²) in [7, 11) is 0. The van der Waals surface area contributed by atoms with Gasteiger partial charge >= 0.3 is 0 Å². The minimum Gasteiger partial charge on any atom is -0.504 e. The highest BCUT2D eigenvalue weighted by atomic mass is 16.5. The molecular weight excluding hydrogens is 306 g/mol. The molecule has 5 rings (SSSR count). The second-order valence-electron chi connectivity index (χ2n) is 7.56. The number of hydrogen-bond acceptors (Lipinski definition) is 5. The number of phenolic OH excluding ortho intramolecular Hbond substituents is 1. The monoisotopic (exact) mass is 327 g/mol. The second kappa shape index (κ2) is 4.41. The molecule has 1 saturated heterocycles. The van der Waals surface area contributed by atoms with Crippen LogP contribution in [0.4, 0.5) is 0 Å². The van der Waals surface area contributed by atoms with Crippen molar-refractivity contribution in [2.45, 2.75) is 48.8 Å². The van der Waals surface area contributed by atoms with Crippen LogP contribution in [-0.4, -0.2) is 51.7 Å². The van der Waals surface area contributed by atoms with Gasteiger partial charge in [0, 0.05) is 31.1 Å². The Labute approximate surface area is 140 Å². The Hall–Kier alpha value is -1.85. The lowest BCUT2D eigenvalue weighted by Gasteiger charge is -2.62. The maximum Gasteiger partial charge on any atom is 0.174 e. The van der Waals surface area contributed by atoms with E-state index in [2.05, 4.69) is 11.5 Å². The van der Waals surface area contributed by atoms with Gasteiger partial charge in [0.25, 0.3) is 0 Å². The van der Waals surface area contributed by atoms with Crippen LogP contribution >= 0.6 is 0 Å². The van der Waals surface area contributed by atoms with Crippen molar-refractivity contribution in [2.24, 2.45) is 0 Å². The molecule has 2 aliphatic carbocycles. The molecule has 2 N–H and O–H groups in total. The average molecular weight is 327 g/mol. The molecule has 24 heavy (non-hydrogen) atoms. The maximum atomic E-state index is 12.6. The fraction of sp³-hybridized carbons (Fsp3) is 0.526. The first-order chi connectivity index (χ1) is 11.5. The van der Waals surface area contributed by atoms with Crippen LogP contribution in [-0.2, 0) is 16.6 Å². The summed E-state index contributed by atoms with van der Waals surface area (Å²) in [4.78, 5) is 14.9. The molecule has 1 saturated carbocycles. The smallest absolute Gasteiger partial charge is 0.174 e. The highest BCUT2D eigenvalue weighted by Gasteiger charge is 2.72. The number of rotatable bonds is 2. The first-order valence-electron chi connectivity index (χ1n) is 8.65. The van der Waals surface area contributed by atoms with E-state index in [4.69, 9.17) is 4.74 Å². The van der Waals surface area contributed by atoms with Crippen molar-refractivity contribution in [2.75, 3.05) is 13.1 Å². The summed E-state index contributed by atoms with van der Waals surface area (Å²) in [6.45, 7) is 5.36. The predicted octanol–water partition coefficient (Wildman–Crippen LogP) is 1.30. The zero-order valence-electron chi connectivity index (χ0n) is 13.5. The third-order valence-electron chi connectivity index (χ3n) is 6.73. The second-order valence-corrected chi connectivity index (χ2v) is 7.56. The number of hydrogen-bond donors (Lipinski definition) is 2. The highest BCUT2D eigenvalue weighted by molar-refractivity contribution is 5.90. The molecule has 4 aliphatic rings. The molecule has 1 aromatic rings. The van der Waals surface area contributed by atoms with Crippen LogP contribution in [0.5, 0.6) is 11.5 Å². The minimum absolute atomic E-state index is 0.0408. The number of ether oxygens (including phenoxy) is 1. The van der Waals surface area contributed by atoms with Crippen LogP contribution < -0.4 is 4.74 Å². The molecule has 0 aromatic heterocycles. The number of aromatic hydroxyl groups is 1. The van der Waals surface area contributed by atoms with E-state index in [0.29, 0.717) is 31.4 Å².